The standard InChI is InChI=1S/C19H26N4S/c1-13-14(2)24-18(23-13)12-22-19(20-3)21-11-16-9-6-8-15-7-4-5-10-17(15)16/h4-5,7,10,16H,6,8-9,11-12H2,1-3H3,(H2,20,21,22). The van der Waals surface area contributed by atoms with E-state index in [1.54, 1.807) is 11.3 Å². The normalized spacial score (nSPS) is 17.5. The molecule has 5 heteroatoms. The van der Waals surface area contributed by atoms with Crippen LogP contribution in [-0.2, 0) is 13.0 Å². The molecule has 1 aliphatic carbocycles. The highest BCUT2D eigenvalue weighted by molar-refractivity contribution is 7.11. The summed E-state index contributed by atoms with van der Waals surface area (Å²) in [6.07, 6.45) is 3.72. The van der Waals surface area contributed by atoms with Gasteiger partial charge in [-0.05, 0) is 44.2 Å². The summed E-state index contributed by atoms with van der Waals surface area (Å²) in [5.74, 6) is 1.42. The first-order valence-corrected chi connectivity index (χ1v) is 9.44. The number of rotatable bonds is 4. The number of aliphatic imine (C=N–C) groups is 1. The van der Waals surface area contributed by atoms with Crippen molar-refractivity contribution in [1.29, 1.82) is 0 Å². The molecule has 1 aromatic heterocycles. The van der Waals surface area contributed by atoms with Gasteiger partial charge in [-0.3, -0.25) is 4.99 Å². The van der Waals surface area contributed by atoms with E-state index in [0.29, 0.717) is 5.92 Å². The summed E-state index contributed by atoms with van der Waals surface area (Å²) in [6, 6.07) is 8.84. The zero-order chi connectivity index (χ0) is 16.9. The number of hydrogen-bond acceptors (Lipinski definition) is 3. The monoisotopic (exact) mass is 342 g/mol. The van der Waals surface area contributed by atoms with Crippen LogP contribution < -0.4 is 10.6 Å². The van der Waals surface area contributed by atoms with Gasteiger partial charge in [0.05, 0.1) is 12.2 Å². The highest BCUT2D eigenvalue weighted by atomic mass is 32.1. The maximum atomic E-state index is 4.57. The third kappa shape index (κ3) is 3.96. The first-order valence-electron chi connectivity index (χ1n) is 8.62. The van der Waals surface area contributed by atoms with Crippen molar-refractivity contribution in [3.63, 3.8) is 0 Å². The molecule has 0 bridgehead atoms. The van der Waals surface area contributed by atoms with Crippen molar-refractivity contribution in [2.24, 2.45) is 4.99 Å². The second-order valence-electron chi connectivity index (χ2n) is 6.34. The van der Waals surface area contributed by atoms with Crippen molar-refractivity contribution in [3.8, 4) is 0 Å². The molecule has 0 saturated heterocycles. The molecule has 1 atom stereocenters. The van der Waals surface area contributed by atoms with Gasteiger partial charge in [0.2, 0.25) is 0 Å². The average molecular weight is 343 g/mol. The van der Waals surface area contributed by atoms with Crippen LogP contribution in [0, 0.1) is 13.8 Å². The van der Waals surface area contributed by atoms with Crippen LogP contribution in [0.15, 0.2) is 29.3 Å². The molecule has 1 unspecified atom stereocenters. The van der Waals surface area contributed by atoms with Crippen LogP contribution in [-0.4, -0.2) is 24.5 Å². The van der Waals surface area contributed by atoms with Crippen molar-refractivity contribution < 1.29 is 0 Å². The van der Waals surface area contributed by atoms with Crippen molar-refractivity contribution in [2.45, 2.75) is 45.6 Å². The molecule has 0 spiro atoms. The highest BCUT2D eigenvalue weighted by Gasteiger charge is 2.19. The number of nitrogens with one attached hydrogen (secondary N) is 2. The minimum absolute atomic E-state index is 0.567. The van der Waals surface area contributed by atoms with E-state index in [2.05, 4.69) is 58.7 Å². The smallest absolute Gasteiger partial charge is 0.191 e. The van der Waals surface area contributed by atoms with E-state index < -0.39 is 0 Å². The third-order valence-electron chi connectivity index (χ3n) is 4.71. The maximum Gasteiger partial charge on any atom is 0.191 e. The summed E-state index contributed by atoms with van der Waals surface area (Å²) in [5.41, 5.74) is 4.13. The second-order valence-corrected chi connectivity index (χ2v) is 7.63. The molecule has 1 aromatic carbocycles. The van der Waals surface area contributed by atoms with E-state index in [1.165, 1.54) is 35.3 Å². The molecule has 2 N–H and O–H groups in total. The fourth-order valence-corrected chi connectivity index (χ4v) is 4.15. The van der Waals surface area contributed by atoms with Crippen molar-refractivity contribution in [2.75, 3.05) is 13.6 Å². The van der Waals surface area contributed by atoms with Gasteiger partial charge in [0.15, 0.2) is 5.96 Å². The van der Waals surface area contributed by atoms with Crippen LogP contribution in [0.4, 0.5) is 0 Å². The lowest BCUT2D eigenvalue weighted by molar-refractivity contribution is 0.539. The summed E-state index contributed by atoms with van der Waals surface area (Å²) in [5, 5.41) is 7.97. The van der Waals surface area contributed by atoms with Gasteiger partial charge in [0.1, 0.15) is 5.01 Å². The molecule has 1 aliphatic rings. The molecule has 1 heterocycles. The van der Waals surface area contributed by atoms with Gasteiger partial charge in [0.25, 0.3) is 0 Å². The zero-order valence-corrected chi connectivity index (χ0v) is 15.5. The minimum atomic E-state index is 0.567. The molecular formula is C19H26N4S. The Balaban J connectivity index is 1.55. The largest absolute Gasteiger partial charge is 0.356 e. The van der Waals surface area contributed by atoms with Gasteiger partial charge in [0, 0.05) is 24.4 Å². The fraction of sp³-hybridized carbons (Fsp3) is 0.474. The van der Waals surface area contributed by atoms with Gasteiger partial charge < -0.3 is 10.6 Å². The third-order valence-corrected chi connectivity index (χ3v) is 5.79. The maximum absolute atomic E-state index is 4.57. The number of benzene rings is 1. The molecular weight excluding hydrogens is 316 g/mol. The molecule has 0 fully saturated rings. The van der Waals surface area contributed by atoms with E-state index in [0.717, 1.165) is 29.8 Å². The van der Waals surface area contributed by atoms with Gasteiger partial charge in [-0.2, -0.15) is 0 Å². The predicted molar refractivity (Wildman–Crippen MR) is 102 cm³/mol. The lowest BCUT2D eigenvalue weighted by Gasteiger charge is -2.26. The summed E-state index contributed by atoms with van der Waals surface area (Å²) in [6.45, 7) is 5.82. The van der Waals surface area contributed by atoms with Crippen LogP contribution in [0.1, 0.15) is 45.5 Å². The number of guanidine groups is 1. The van der Waals surface area contributed by atoms with E-state index in [1.807, 2.05) is 7.05 Å². The van der Waals surface area contributed by atoms with E-state index >= 15 is 0 Å². The average Bonchev–Trinajstić information content (AvgIpc) is 2.93. The topological polar surface area (TPSA) is 49.3 Å². The molecule has 0 radical (unpaired) electrons. The van der Waals surface area contributed by atoms with Gasteiger partial charge in [-0.25, -0.2) is 4.98 Å². The molecule has 0 amide bonds. The molecule has 2 aromatic rings. The van der Waals surface area contributed by atoms with Crippen LogP contribution in [0.2, 0.25) is 0 Å². The second kappa shape index (κ2) is 7.79. The first kappa shape index (κ1) is 17.0. The Labute approximate surface area is 148 Å². The number of nitrogens with zero attached hydrogens (tertiary/aromatic N) is 2. The Hall–Kier alpha value is -1.88. The summed E-state index contributed by atoms with van der Waals surface area (Å²) in [4.78, 5) is 10.2. The lowest BCUT2D eigenvalue weighted by atomic mass is 9.83. The van der Waals surface area contributed by atoms with E-state index in [9.17, 15) is 0 Å². The first-order chi connectivity index (χ1) is 11.7. The molecule has 0 saturated carbocycles. The molecule has 4 nitrogen and oxygen atoms in total. The van der Waals surface area contributed by atoms with Gasteiger partial charge in [-0.1, -0.05) is 24.3 Å². The Morgan fingerprint density at radius 2 is 2.12 bits per heavy atom. The lowest BCUT2D eigenvalue weighted by Crippen LogP contribution is -2.39. The number of aromatic nitrogens is 1. The Morgan fingerprint density at radius 1 is 1.29 bits per heavy atom. The predicted octanol–water partition coefficient (Wildman–Crippen LogP) is 3.55. The SMILES string of the molecule is CN=C(NCc1nc(C)c(C)s1)NCC1CCCc2ccccc21. The summed E-state index contributed by atoms with van der Waals surface area (Å²) >= 11 is 1.75. The van der Waals surface area contributed by atoms with Crippen LogP contribution in [0.5, 0.6) is 0 Å². The Kier molecular flexibility index (Phi) is 5.51. The number of thiazole rings is 1. The number of fused-ring (bicyclic) bond motifs is 1. The Morgan fingerprint density at radius 3 is 2.88 bits per heavy atom. The highest BCUT2D eigenvalue weighted by Crippen LogP contribution is 2.30. The van der Waals surface area contributed by atoms with Gasteiger partial charge >= 0.3 is 0 Å². The van der Waals surface area contributed by atoms with E-state index in [-0.39, 0.29) is 0 Å². The summed E-state index contributed by atoms with van der Waals surface area (Å²) in [7, 11) is 1.82. The van der Waals surface area contributed by atoms with Crippen molar-refractivity contribution in [1.82, 2.24) is 15.6 Å². The van der Waals surface area contributed by atoms with Crippen molar-refractivity contribution >= 4 is 17.3 Å². The fourth-order valence-electron chi connectivity index (χ4n) is 3.28. The minimum Gasteiger partial charge on any atom is -0.356 e. The van der Waals surface area contributed by atoms with Crippen LogP contribution in [0.25, 0.3) is 0 Å². The molecule has 128 valence electrons. The van der Waals surface area contributed by atoms with Crippen LogP contribution in [0.3, 0.4) is 0 Å². The van der Waals surface area contributed by atoms with Gasteiger partial charge in [-0.15, -0.1) is 11.3 Å². The summed E-state index contributed by atoms with van der Waals surface area (Å²) < 4.78 is 0. The van der Waals surface area contributed by atoms with Crippen LogP contribution >= 0.6 is 11.3 Å². The number of aryl methyl sites for hydroxylation is 3. The Bertz CT molecular complexity index is 700. The molecule has 3 rings (SSSR count). The quantitative estimate of drug-likeness (QED) is 0.660. The van der Waals surface area contributed by atoms with E-state index in [4.69, 9.17) is 0 Å². The molecule has 0 aliphatic heterocycles. The number of hydrogen-bond donors (Lipinski definition) is 2. The zero-order valence-electron chi connectivity index (χ0n) is 14.7. The van der Waals surface area contributed by atoms with Crippen molar-refractivity contribution in [3.05, 3.63) is 51.0 Å². The molecule has 24 heavy (non-hydrogen) atoms.